The Hall–Kier alpha value is -3.70. The van der Waals surface area contributed by atoms with Gasteiger partial charge in [0.1, 0.15) is 5.69 Å². The average molecular weight is 455 g/mol. The summed E-state index contributed by atoms with van der Waals surface area (Å²) in [5, 5.41) is 2.96. The van der Waals surface area contributed by atoms with Gasteiger partial charge in [-0.2, -0.15) is 0 Å². The van der Waals surface area contributed by atoms with E-state index in [4.69, 9.17) is 14.1 Å². The Morgan fingerprint density at radius 3 is 2.21 bits per heavy atom. The second-order valence-electron chi connectivity index (χ2n) is 8.14. The fraction of sp³-hybridized carbons (Fsp3) is 0.241. The highest BCUT2D eigenvalue weighted by Crippen LogP contribution is 2.32. The van der Waals surface area contributed by atoms with Crippen LogP contribution in [0.5, 0.6) is 0 Å². The van der Waals surface area contributed by atoms with E-state index in [0.717, 1.165) is 34.6 Å². The number of ether oxygens (including phenoxy) is 1. The number of nitrogens with one attached hydrogen (secondary N) is 1. The summed E-state index contributed by atoms with van der Waals surface area (Å²) in [5.74, 6) is 1.27. The van der Waals surface area contributed by atoms with Gasteiger partial charge in [-0.3, -0.25) is 4.79 Å². The van der Waals surface area contributed by atoms with Gasteiger partial charge in [-0.25, -0.2) is 4.98 Å². The lowest BCUT2D eigenvalue weighted by atomic mass is 10.1. The first-order valence-corrected chi connectivity index (χ1v) is 11.7. The molecule has 0 radical (unpaired) electrons. The number of benzene rings is 3. The van der Waals surface area contributed by atoms with Crippen molar-refractivity contribution in [3.8, 4) is 22.6 Å². The largest absolute Gasteiger partial charge is 0.440 e. The van der Waals surface area contributed by atoms with Gasteiger partial charge < -0.3 is 14.5 Å². The fourth-order valence-electron chi connectivity index (χ4n) is 3.74. The van der Waals surface area contributed by atoms with Gasteiger partial charge in [-0.1, -0.05) is 91.0 Å². The minimum Gasteiger partial charge on any atom is -0.440 e. The molecule has 0 unspecified atom stereocenters. The minimum atomic E-state index is -0.0168. The molecule has 3 aromatic carbocycles. The summed E-state index contributed by atoms with van der Waals surface area (Å²) in [5.41, 5.74) is 3.91. The van der Waals surface area contributed by atoms with Gasteiger partial charge in [0.05, 0.1) is 6.10 Å². The smallest absolute Gasteiger partial charge is 0.220 e. The fourth-order valence-corrected chi connectivity index (χ4v) is 3.74. The number of hydrogen-bond acceptors (Lipinski definition) is 4. The predicted octanol–water partition coefficient (Wildman–Crippen LogP) is 6.23. The van der Waals surface area contributed by atoms with Crippen LogP contribution >= 0.6 is 0 Å². The summed E-state index contributed by atoms with van der Waals surface area (Å²) in [6.07, 6.45) is 1.57. The van der Waals surface area contributed by atoms with Crippen LogP contribution in [-0.2, 0) is 16.0 Å². The van der Waals surface area contributed by atoms with E-state index in [9.17, 15) is 4.79 Å². The van der Waals surface area contributed by atoms with Crippen molar-refractivity contribution in [2.24, 2.45) is 0 Å². The summed E-state index contributed by atoms with van der Waals surface area (Å²) in [7, 11) is 0. The second kappa shape index (κ2) is 12.0. The van der Waals surface area contributed by atoms with Crippen molar-refractivity contribution in [2.75, 3.05) is 13.2 Å². The quantitative estimate of drug-likeness (QED) is 0.273. The van der Waals surface area contributed by atoms with Crippen LogP contribution in [0.4, 0.5) is 0 Å². The zero-order chi connectivity index (χ0) is 23.6. The summed E-state index contributed by atoms with van der Waals surface area (Å²) >= 11 is 0. The number of carbonyl (C=O) groups excluding carboxylic acids is 1. The van der Waals surface area contributed by atoms with Crippen LogP contribution in [0.2, 0.25) is 0 Å². The van der Waals surface area contributed by atoms with Gasteiger partial charge >= 0.3 is 0 Å². The van der Waals surface area contributed by atoms with Crippen molar-refractivity contribution in [3.05, 3.63) is 102 Å². The number of carbonyl (C=O) groups is 1. The van der Waals surface area contributed by atoms with Crippen LogP contribution in [0.25, 0.3) is 22.6 Å². The molecule has 174 valence electrons. The third kappa shape index (κ3) is 6.42. The molecule has 1 atom stereocenters. The number of aryl methyl sites for hydroxylation is 1. The van der Waals surface area contributed by atoms with Crippen molar-refractivity contribution in [1.29, 1.82) is 0 Å². The molecule has 5 nitrogen and oxygen atoms in total. The number of amides is 1. The molecule has 4 aromatic rings. The maximum atomic E-state index is 12.3. The van der Waals surface area contributed by atoms with E-state index >= 15 is 0 Å². The van der Waals surface area contributed by atoms with Crippen molar-refractivity contribution in [3.63, 3.8) is 0 Å². The van der Waals surface area contributed by atoms with Crippen molar-refractivity contribution < 1.29 is 13.9 Å². The molecule has 0 aliphatic rings. The summed E-state index contributed by atoms with van der Waals surface area (Å²) in [6.45, 7) is 3.21. The SMILES string of the molecule is C[C@@H](OCCCNC(=O)CCc1nc(-c2ccccc2)c(-c2ccccc2)o1)c1ccccc1. The average Bonchev–Trinajstić information content (AvgIpc) is 3.33. The number of aromatic nitrogens is 1. The molecule has 34 heavy (non-hydrogen) atoms. The monoisotopic (exact) mass is 454 g/mol. The standard InChI is InChI=1S/C29H30N2O3/c1-22(23-12-5-2-6-13-23)33-21-11-20-30-26(32)18-19-27-31-28(24-14-7-3-8-15-24)29(34-27)25-16-9-4-10-17-25/h2-10,12-17,22H,11,18-21H2,1H3,(H,30,32)/t22-/m1/s1. The van der Waals surface area contributed by atoms with E-state index in [-0.39, 0.29) is 12.0 Å². The zero-order valence-electron chi connectivity index (χ0n) is 19.4. The van der Waals surface area contributed by atoms with Gasteiger partial charge in [0.25, 0.3) is 0 Å². The Morgan fingerprint density at radius 2 is 1.53 bits per heavy atom. The molecule has 4 rings (SSSR count). The Morgan fingerprint density at radius 1 is 0.912 bits per heavy atom. The van der Waals surface area contributed by atoms with Crippen LogP contribution in [0.1, 0.15) is 37.3 Å². The molecule has 0 spiro atoms. The van der Waals surface area contributed by atoms with Crippen molar-refractivity contribution in [1.82, 2.24) is 10.3 Å². The molecule has 1 amide bonds. The van der Waals surface area contributed by atoms with Crippen LogP contribution in [-0.4, -0.2) is 24.0 Å². The number of hydrogen-bond donors (Lipinski definition) is 1. The maximum Gasteiger partial charge on any atom is 0.220 e. The topological polar surface area (TPSA) is 64.4 Å². The lowest BCUT2D eigenvalue weighted by Crippen LogP contribution is -2.25. The highest BCUT2D eigenvalue weighted by molar-refractivity contribution is 5.77. The van der Waals surface area contributed by atoms with E-state index in [1.165, 1.54) is 0 Å². The summed E-state index contributed by atoms with van der Waals surface area (Å²) < 4.78 is 12.0. The Kier molecular flexibility index (Phi) is 8.25. The molecule has 0 aliphatic carbocycles. The highest BCUT2D eigenvalue weighted by Gasteiger charge is 2.17. The molecule has 5 heteroatoms. The van der Waals surface area contributed by atoms with Crippen LogP contribution in [0.3, 0.4) is 0 Å². The summed E-state index contributed by atoms with van der Waals surface area (Å²) in [6, 6.07) is 30.0. The predicted molar refractivity (Wildman–Crippen MR) is 134 cm³/mol. The normalized spacial score (nSPS) is 11.8. The maximum absolute atomic E-state index is 12.3. The number of rotatable bonds is 11. The van der Waals surface area contributed by atoms with E-state index in [2.05, 4.69) is 17.4 Å². The van der Waals surface area contributed by atoms with E-state index < -0.39 is 0 Å². The first kappa shape index (κ1) is 23.5. The highest BCUT2D eigenvalue weighted by atomic mass is 16.5. The van der Waals surface area contributed by atoms with E-state index in [0.29, 0.717) is 31.9 Å². The van der Waals surface area contributed by atoms with Gasteiger partial charge in [0.15, 0.2) is 11.7 Å². The van der Waals surface area contributed by atoms with Gasteiger partial charge in [-0.15, -0.1) is 0 Å². The lowest BCUT2D eigenvalue weighted by molar-refractivity contribution is -0.121. The first-order valence-electron chi connectivity index (χ1n) is 11.7. The van der Waals surface area contributed by atoms with Crippen LogP contribution in [0, 0.1) is 0 Å². The van der Waals surface area contributed by atoms with Gasteiger partial charge in [0, 0.05) is 37.1 Å². The molecule has 0 bridgehead atoms. The molecule has 0 saturated heterocycles. The van der Waals surface area contributed by atoms with Gasteiger partial charge in [-0.05, 0) is 18.9 Å². The zero-order valence-corrected chi connectivity index (χ0v) is 19.4. The molecule has 0 fully saturated rings. The molecule has 1 N–H and O–H groups in total. The molecule has 1 heterocycles. The van der Waals surface area contributed by atoms with E-state index in [1.54, 1.807) is 0 Å². The van der Waals surface area contributed by atoms with Crippen LogP contribution in [0.15, 0.2) is 95.4 Å². The number of nitrogens with zero attached hydrogens (tertiary/aromatic N) is 1. The van der Waals surface area contributed by atoms with Crippen LogP contribution < -0.4 is 5.32 Å². The Balaban J connectivity index is 1.27. The minimum absolute atomic E-state index is 0.0168. The van der Waals surface area contributed by atoms with E-state index in [1.807, 2.05) is 85.8 Å². The summed E-state index contributed by atoms with van der Waals surface area (Å²) in [4.78, 5) is 17.1. The van der Waals surface area contributed by atoms with Gasteiger partial charge in [0.2, 0.25) is 5.91 Å². The molecular formula is C29H30N2O3. The van der Waals surface area contributed by atoms with Crippen molar-refractivity contribution >= 4 is 5.91 Å². The third-order valence-electron chi connectivity index (χ3n) is 5.60. The first-order chi connectivity index (χ1) is 16.7. The Labute approximate surface area is 200 Å². The second-order valence-corrected chi connectivity index (χ2v) is 8.14. The molecule has 0 saturated carbocycles. The Bertz CT molecular complexity index is 1100. The lowest BCUT2D eigenvalue weighted by Gasteiger charge is -2.13. The number of oxazole rings is 1. The molecule has 0 aliphatic heterocycles. The third-order valence-corrected chi connectivity index (χ3v) is 5.60. The van der Waals surface area contributed by atoms with Crippen molar-refractivity contribution in [2.45, 2.75) is 32.3 Å². The molecule has 1 aromatic heterocycles. The molecular weight excluding hydrogens is 424 g/mol.